The lowest BCUT2D eigenvalue weighted by atomic mass is 9.88. The second-order valence-corrected chi connectivity index (χ2v) is 5.38. The summed E-state index contributed by atoms with van der Waals surface area (Å²) in [4.78, 5) is 13.9. The quantitative estimate of drug-likeness (QED) is 0.746. The van der Waals surface area contributed by atoms with Crippen LogP contribution in [-0.4, -0.2) is 32.7 Å². The second kappa shape index (κ2) is 4.26. The average Bonchev–Trinajstić information content (AvgIpc) is 2.90. The zero-order valence-electron chi connectivity index (χ0n) is 10.7. The number of rotatable bonds is 2. The Balaban J connectivity index is 1.81. The Hall–Kier alpha value is -1.58. The summed E-state index contributed by atoms with van der Waals surface area (Å²) in [7, 11) is 2.00. The van der Waals surface area contributed by atoms with Gasteiger partial charge in [-0.25, -0.2) is 0 Å². The Labute approximate surface area is 107 Å². The van der Waals surface area contributed by atoms with Crippen LogP contribution in [0.25, 0.3) is 0 Å². The van der Waals surface area contributed by atoms with Crippen LogP contribution < -0.4 is 0 Å². The Morgan fingerprint density at radius 3 is 2.61 bits per heavy atom. The molecule has 2 saturated heterocycles. The Bertz CT molecular complexity index is 465. The van der Waals surface area contributed by atoms with Crippen molar-refractivity contribution in [2.45, 2.75) is 43.7 Å². The summed E-state index contributed by atoms with van der Waals surface area (Å²) in [5.41, 5.74) is 1.30. The molecule has 4 nitrogen and oxygen atoms in total. The van der Waals surface area contributed by atoms with Crippen molar-refractivity contribution < 1.29 is 4.79 Å². The van der Waals surface area contributed by atoms with E-state index < -0.39 is 0 Å². The maximum atomic E-state index is 11.9. The summed E-state index contributed by atoms with van der Waals surface area (Å²) in [6, 6.07) is 2.90. The number of fused-ring (bicyclic) bond motifs is 2. The highest BCUT2D eigenvalue weighted by atomic mass is 16.2. The molecule has 0 radical (unpaired) electrons. The van der Waals surface area contributed by atoms with Crippen molar-refractivity contribution in [2.75, 3.05) is 0 Å². The Morgan fingerprint density at radius 1 is 1.44 bits per heavy atom. The van der Waals surface area contributed by atoms with Crippen molar-refractivity contribution in [3.63, 3.8) is 0 Å². The van der Waals surface area contributed by atoms with E-state index in [4.69, 9.17) is 0 Å². The molecule has 0 N–H and O–H groups in total. The van der Waals surface area contributed by atoms with Gasteiger partial charge in [0.2, 0.25) is 5.91 Å². The highest BCUT2D eigenvalue weighted by molar-refractivity contribution is 5.87. The number of aromatic nitrogens is 2. The predicted molar refractivity (Wildman–Crippen MR) is 69.0 cm³/mol. The van der Waals surface area contributed by atoms with Gasteiger partial charge < -0.3 is 4.90 Å². The van der Waals surface area contributed by atoms with E-state index in [9.17, 15) is 4.79 Å². The van der Waals surface area contributed by atoms with Gasteiger partial charge in [0.05, 0.1) is 0 Å². The zero-order chi connectivity index (χ0) is 12.7. The van der Waals surface area contributed by atoms with Gasteiger partial charge in [0.15, 0.2) is 0 Å². The topological polar surface area (TPSA) is 38.1 Å². The lowest BCUT2D eigenvalue weighted by Gasteiger charge is -2.38. The van der Waals surface area contributed by atoms with Crippen LogP contribution in [0.5, 0.6) is 0 Å². The molecule has 3 rings (SSSR count). The maximum Gasteiger partial charge on any atom is 0.246 e. The fourth-order valence-electron chi connectivity index (χ4n) is 3.67. The predicted octanol–water partition coefficient (Wildman–Crippen LogP) is 1.84. The van der Waals surface area contributed by atoms with Gasteiger partial charge in [-0.2, -0.15) is 5.10 Å². The molecule has 2 atom stereocenters. The van der Waals surface area contributed by atoms with Crippen LogP contribution in [0.2, 0.25) is 0 Å². The first kappa shape index (κ1) is 11.5. The van der Waals surface area contributed by atoms with Gasteiger partial charge in [0.25, 0.3) is 0 Å². The first-order valence-electron chi connectivity index (χ1n) is 6.63. The number of amides is 1. The van der Waals surface area contributed by atoms with Crippen LogP contribution in [-0.2, 0) is 11.8 Å². The van der Waals surface area contributed by atoms with E-state index in [0.29, 0.717) is 18.0 Å². The van der Waals surface area contributed by atoms with E-state index >= 15 is 0 Å². The molecule has 2 bridgehead atoms. The van der Waals surface area contributed by atoms with Crippen LogP contribution in [0.4, 0.5) is 0 Å². The minimum atomic E-state index is 0.103. The first-order valence-corrected chi connectivity index (χ1v) is 6.63. The normalized spacial score (nSPS) is 30.5. The molecule has 1 amide bonds. The number of aryl methyl sites for hydroxylation is 1. The smallest absolute Gasteiger partial charge is 0.246 e. The van der Waals surface area contributed by atoms with Crippen molar-refractivity contribution in [1.29, 1.82) is 0 Å². The molecular formula is C14H19N3O. The summed E-state index contributed by atoms with van der Waals surface area (Å²) >= 11 is 0. The monoisotopic (exact) mass is 245 g/mol. The standard InChI is InChI=1S/C14H19N3O/c1-3-14(18)17-11-4-5-12(17)9-10(8-11)13-6-7-15-16(13)2/h3,6-7,10-12H,1,4-5,8-9H2,2H3/t11-,12-/m0/s1. The summed E-state index contributed by atoms with van der Waals surface area (Å²) < 4.78 is 1.97. The molecular weight excluding hydrogens is 226 g/mol. The summed E-state index contributed by atoms with van der Waals surface area (Å²) in [5, 5.41) is 4.25. The van der Waals surface area contributed by atoms with Crippen LogP contribution in [0, 0.1) is 0 Å². The Morgan fingerprint density at radius 2 is 2.11 bits per heavy atom. The fourth-order valence-corrected chi connectivity index (χ4v) is 3.67. The third-order valence-electron chi connectivity index (χ3n) is 4.44. The molecule has 96 valence electrons. The van der Waals surface area contributed by atoms with Gasteiger partial charge in [-0.1, -0.05) is 6.58 Å². The number of nitrogens with zero attached hydrogens (tertiary/aromatic N) is 3. The molecule has 0 aromatic carbocycles. The molecule has 1 aromatic heterocycles. The highest BCUT2D eigenvalue weighted by Crippen LogP contribution is 2.42. The summed E-state index contributed by atoms with van der Waals surface area (Å²) in [6.45, 7) is 3.61. The number of carbonyl (C=O) groups excluding carboxylic acids is 1. The van der Waals surface area contributed by atoms with Gasteiger partial charge in [0, 0.05) is 36.9 Å². The first-order chi connectivity index (χ1) is 8.70. The van der Waals surface area contributed by atoms with Crippen LogP contribution in [0.3, 0.4) is 0 Å². The molecule has 0 spiro atoms. The van der Waals surface area contributed by atoms with Crippen LogP contribution in [0.15, 0.2) is 24.9 Å². The van der Waals surface area contributed by atoms with E-state index in [1.807, 2.05) is 17.9 Å². The maximum absolute atomic E-state index is 11.9. The van der Waals surface area contributed by atoms with E-state index in [0.717, 1.165) is 25.7 Å². The van der Waals surface area contributed by atoms with Gasteiger partial charge in [-0.15, -0.1) is 0 Å². The summed E-state index contributed by atoms with van der Waals surface area (Å²) in [6.07, 6.45) is 7.72. The minimum absolute atomic E-state index is 0.103. The van der Waals surface area contributed by atoms with Crippen molar-refractivity contribution in [2.24, 2.45) is 7.05 Å². The van der Waals surface area contributed by atoms with E-state index in [-0.39, 0.29) is 5.91 Å². The van der Waals surface area contributed by atoms with Crippen molar-refractivity contribution >= 4 is 5.91 Å². The summed E-state index contributed by atoms with van der Waals surface area (Å²) in [5.74, 6) is 0.648. The largest absolute Gasteiger partial charge is 0.333 e. The van der Waals surface area contributed by atoms with Gasteiger partial charge >= 0.3 is 0 Å². The van der Waals surface area contributed by atoms with Crippen LogP contribution in [0.1, 0.15) is 37.3 Å². The van der Waals surface area contributed by atoms with Crippen molar-refractivity contribution in [3.05, 3.63) is 30.6 Å². The average molecular weight is 245 g/mol. The van der Waals surface area contributed by atoms with Gasteiger partial charge in [-0.3, -0.25) is 9.48 Å². The highest BCUT2D eigenvalue weighted by Gasteiger charge is 2.43. The SMILES string of the molecule is C=CC(=O)N1[C@H]2CC[C@H]1CC(c1ccnn1C)C2. The van der Waals surface area contributed by atoms with Gasteiger partial charge in [-0.05, 0) is 37.8 Å². The van der Waals surface area contributed by atoms with Crippen molar-refractivity contribution in [3.8, 4) is 0 Å². The lowest BCUT2D eigenvalue weighted by molar-refractivity contribution is -0.130. The number of hydrogen-bond donors (Lipinski definition) is 0. The van der Waals surface area contributed by atoms with Gasteiger partial charge in [0.1, 0.15) is 0 Å². The molecule has 0 unspecified atom stereocenters. The molecule has 1 aromatic rings. The molecule has 0 saturated carbocycles. The molecule has 18 heavy (non-hydrogen) atoms. The zero-order valence-corrected chi connectivity index (χ0v) is 10.7. The molecule has 2 fully saturated rings. The number of piperidine rings is 1. The van der Waals surface area contributed by atoms with E-state index in [1.54, 1.807) is 0 Å². The van der Waals surface area contributed by atoms with E-state index in [1.165, 1.54) is 11.8 Å². The lowest BCUT2D eigenvalue weighted by Crippen LogP contribution is -2.45. The fraction of sp³-hybridized carbons (Fsp3) is 0.571. The molecule has 3 heterocycles. The van der Waals surface area contributed by atoms with Crippen LogP contribution >= 0.6 is 0 Å². The molecule has 2 aliphatic rings. The van der Waals surface area contributed by atoms with E-state index in [2.05, 4.69) is 22.6 Å². The third kappa shape index (κ3) is 1.67. The Kier molecular flexibility index (Phi) is 2.73. The van der Waals surface area contributed by atoms with Crippen molar-refractivity contribution in [1.82, 2.24) is 14.7 Å². The molecule has 0 aliphatic carbocycles. The third-order valence-corrected chi connectivity index (χ3v) is 4.44. The number of carbonyl (C=O) groups is 1. The second-order valence-electron chi connectivity index (χ2n) is 5.38. The molecule has 2 aliphatic heterocycles. The number of hydrogen-bond acceptors (Lipinski definition) is 2. The molecule has 4 heteroatoms. The minimum Gasteiger partial charge on any atom is -0.333 e.